The summed E-state index contributed by atoms with van der Waals surface area (Å²) in [6.45, 7) is 0.779. The van der Waals surface area contributed by atoms with Gasteiger partial charge in [-0.25, -0.2) is 0 Å². The summed E-state index contributed by atoms with van der Waals surface area (Å²) in [5.74, 6) is 1.37. The van der Waals surface area contributed by atoms with Gasteiger partial charge in [-0.2, -0.15) is 0 Å². The van der Waals surface area contributed by atoms with Crippen LogP contribution >= 0.6 is 15.9 Å². The van der Waals surface area contributed by atoms with Gasteiger partial charge in [0, 0.05) is 4.47 Å². The van der Waals surface area contributed by atoms with Crippen molar-refractivity contribution in [2.24, 2.45) is 11.7 Å². The molecule has 1 atom stereocenters. The maximum absolute atomic E-state index is 5.92. The molecule has 1 saturated carbocycles. The fraction of sp³-hybridized carbons (Fsp3) is 0.538. The van der Waals surface area contributed by atoms with Crippen molar-refractivity contribution < 1.29 is 0 Å². The first-order valence-electron chi connectivity index (χ1n) is 5.77. The Bertz CT molecular complexity index is 318. The Kier molecular flexibility index (Phi) is 3.81. The lowest BCUT2D eigenvalue weighted by Gasteiger charge is -2.22. The van der Waals surface area contributed by atoms with Gasteiger partial charge >= 0.3 is 0 Å². The van der Waals surface area contributed by atoms with Crippen LogP contribution in [0.3, 0.4) is 0 Å². The SMILES string of the molecule is NCC(c1cccc(Br)c1)C1CCCC1. The summed E-state index contributed by atoms with van der Waals surface area (Å²) in [6.07, 6.45) is 5.48. The van der Waals surface area contributed by atoms with Crippen LogP contribution in [0.25, 0.3) is 0 Å². The maximum atomic E-state index is 5.92. The fourth-order valence-electron chi connectivity index (χ4n) is 2.70. The van der Waals surface area contributed by atoms with Crippen molar-refractivity contribution in [1.29, 1.82) is 0 Å². The molecule has 1 aliphatic rings. The maximum Gasteiger partial charge on any atom is 0.0178 e. The van der Waals surface area contributed by atoms with E-state index in [0.717, 1.165) is 16.9 Å². The number of hydrogen-bond acceptors (Lipinski definition) is 1. The van der Waals surface area contributed by atoms with Crippen LogP contribution in [0.1, 0.15) is 37.2 Å². The Morgan fingerprint density at radius 1 is 1.33 bits per heavy atom. The lowest BCUT2D eigenvalue weighted by atomic mass is 9.85. The van der Waals surface area contributed by atoms with Crippen LogP contribution in [0.4, 0.5) is 0 Å². The summed E-state index contributed by atoms with van der Waals surface area (Å²) in [7, 11) is 0. The van der Waals surface area contributed by atoms with E-state index in [9.17, 15) is 0 Å². The van der Waals surface area contributed by atoms with Gasteiger partial charge in [-0.3, -0.25) is 0 Å². The van der Waals surface area contributed by atoms with Crippen LogP contribution in [0.15, 0.2) is 28.7 Å². The average molecular weight is 268 g/mol. The van der Waals surface area contributed by atoms with Gasteiger partial charge in [0.15, 0.2) is 0 Å². The highest BCUT2D eigenvalue weighted by Gasteiger charge is 2.25. The lowest BCUT2D eigenvalue weighted by Crippen LogP contribution is -2.19. The van der Waals surface area contributed by atoms with Crippen LogP contribution in [0.2, 0.25) is 0 Å². The zero-order chi connectivity index (χ0) is 10.7. The molecular formula is C13H18BrN. The van der Waals surface area contributed by atoms with Crippen LogP contribution in [-0.4, -0.2) is 6.54 Å². The molecule has 2 N–H and O–H groups in total. The second kappa shape index (κ2) is 5.13. The number of halogens is 1. The third kappa shape index (κ3) is 2.61. The van der Waals surface area contributed by atoms with E-state index in [1.807, 2.05) is 0 Å². The summed E-state index contributed by atoms with van der Waals surface area (Å²) < 4.78 is 1.16. The van der Waals surface area contributed by atoms with E-state index in [0.29, 0.717) is 5.92 Å². The predicted molar refractivity (Wildman–Crippen MR) is 67.9 cm³/mol. The Balaban J connectivity index is 2.18. The van der Waals surface area contributed by atoms with Crippen LogP contribution in [0.5, 0.6) is 0 Å². The minimum absolute atomic E-state index is 0.560. The molecule has 0 radical (unpaired) electrons. The second-order valence-corrected chi connectivity index (χ2v) is 5.36. The molecule has 15 heavy (non-hydrogen) atoms. The molecule has 0 bridgehead atoms. The molecule has 0 spiro atoms. The molecule has 82 valence electrons. The first-order valence-corrected chi connectivity index (χ1v) is 6.56. The fourth-order valence-corrected chi connectivity index (χ4v) is 3.11. The van der Waals surface area contributed by atoms with Crippen molar-refractivity contribution in [2.75, 3.05) is 6.54 Å². The van der Waals surface area contributed by atoms with Gasteiger partial charge in [-0.15, -0.1) is 0 Å². The minimum Gasteiger partial charge on any atom is -0.330 e. The standard InChI is InChI=1S/C13H18BrN/c14-12-7-3-6-11(8-12)13(9-15)10-4-1-2-5-10/h3,6-8,10,13H,1-2,4-5,9,15H2. The van der Waals surface area contributed by atoms with E-state index in [1.54, 1.807) is 0 Å². The highest BCUT2D eigenvalue weighted by Crippen LogP contribution is 2.37. The van der Waals surface area contributed by atoms with Crippen molar-refractivity contribution in [3.63, 3.8) is 0 Å². The zero-order valence-corrected chi connectivity index (χ0v) is 10.5. The smallest absolute Gasteiger partial charge is 0.0178 e. The molecule has 1 aromatic rings. The van der Waals surface area contributed by atoms with E-state index in [-0.39, 0.29) is 0 Å². The van der Waals surface area contributed by atoms with Gasteiger partial charge in [0.05, 0.1) is 0 Å². The Hall–Kier alpha value is -0.340. The van der Waals surface area contributed by atoms with Gasteiger partial charge in [-0.05, 0) is 48.9 Å². The molecule has 1 unspecified atom stereocenters. The first-order chi connectivity index (χ1) is 7.31. The monoisotopic (exact) mass is 267 g/mol. The van der Waals surface area contributed by atoms with Crippen molar-refractivity contribution in [2.45, 2.75) is 31.6 Å². The summed E-state index contributed by atoms with van der Waals surface area (Å²) in [5.41, 5.74) is 7.32. The summed E-state index contributed by atoms with van der Waals surface area (Å²) in [5, 5.41) is 0. The van der Waals surface area contributed by atoms with E-state index >= 15 is 0 Å². The molecule has 0 amide bonds. The Morgan fingerprint density at radius 2 is 2.07 bits per heavy atom. The predicted octanol–water partition coefficient (Wildman–Crippen LogP) is 3.68. The van der Waals surface area contributed by atoms with Crippen LogP contribution in [-0.2, 0) is 0 Å². The number of rotatable bonds is 3. The van der Waals surface area contributed by atoms with Crippen LogP contribution in [0, 0.1) is 5.92 Å². The Morgan fingerprint density at radius 3 is 2.67 bits per heavy atom. The largest absolute Gasteiger partial charge is 0.330 e. The molecule has 0 heterocycles. The van der Waals surface area contributed by atoms with Gasteiger partial charge in [-0.1, -0.05) is 40.9 Å². The highest BCUT2D eigenvalue weighted by atomic mass is 79.9. The highest BCUT2D eigenvalue weighted by molar-refractivity contribution is 9.10. The molecule has 1 aliphatic carbocycles. The normalized spacial score (nSPS) is 19.3. The van der Waals surface area contributed by atoms with Gasteiger partial charge in [0.25, 0.3) is 0 Å². The molecule has 0 saturated heterocycles. The van der Waals surface area contributed by atoms with Gasteiger partial charge < -0.3 is 5.73 Å². The third-order valence-electron chi connectivity index (χ3n) is 3.50. The minimum atomic E-state index is 0.560. The van der Waals surface area contributed by atoms with Crippen molar-refractivity contribution >= 4 is 15.9 Å². The van der Waals surface area contributed by atoms with E-state index in [1.165, 1.54) is 31.2 Å². The third-order valence-corrected chi connectivity index (χ3v) is 3.99. The van der Waals surface area contributed by atoms with Crippen molar-refractivity contribution in [1.82, 2.24) is 0 Å². The summed E-state index contributed by atoms with van der Waals surface area (Å²) >= 11 is 3.53. The number of hydrogen-bond donors (Lipinski definition) is 1. The number of nitrogens with two attached hydrogens (primary N) is 1. The molecule has 0 aromatic heterocycles. The molecule has 2 heteroatoms. The van der Waals surface area contributed by atoms with E-state index < -0.39 is 0 Å². The van der Waals surface area contributed by atoms with E-state index in [2.05, 4.69) is 40.2 Å². The molecule has 2 rings (SSSR count). The Labute approximate surface area is 100 Å². The molecule has 1 aromatic carbocycles. The number of benzene rings is 1. The average Bonchev–Trinajstić information content (AvgIpc) is 2.72. The van der Waals surface area contributed by atoms with E-state index in [4.69, 9.17) is 5.73 Å². The van der Waals surface area contributed by atoms with Gasteiger partial charge in [0.1, 0.15) is 0 Å². The summed E-state index contributed by atoms with van der Waals surface area (Å²) in [4.78, 5) is 0. The molecule has 0 aliphatic heterocycles. The topological polar surface area (TPSA) is 26.0 Å². The van der Waals surface area contributed by atoms with Crippen molar-refractivity contribution in [3.8, 4) is 0 Å². The molecule has 1 fully saturated rings. The van der Waals surface area contributed by atoms with Gasteiger partial charge in [0.2, 0.25) is 0 Å². The van der Waals surface area contributed by atoms with Crippen LogP contribution < -0.4 is 5.73 Å². The summed E-state index contributed by atoms with van der Waals surface area (Å²) in [6, 6.07) is 8.61. The lowest BCUT2D eigenvalue weighted by molar-refractivity contribution is 0.440. The zero-order valence-electron chi connectivity index (χ0n) is 8.95. The second-order valence-electron chi connectivity index (χ2n) is 4.44. The molecule has 1 nitrogen and oxygen atoms in total. The van der Waals surface area contributed by atoms with Crippen molar-refractivity contribution in [3.05, 3.63) is 34.3 Å². The quantitative estimate of drug-likeness (QED) is 0.889. The molecular weight excluding hydrogens is 250 g/mol. The first kappa shape index (κ1) is 11.2.